The summed E-state index contributed by atoms with van der Waals surface area (Å²) in [5, 5.41) is 1.97. The quantitative estimate of drug-likeness (QED) is 0.219. The van der Waals surface area contributed by atoms with Crippen molar-refractivity contribution in [1.82, 2.24) is 0 Å². The molecular weight excluding hydrogens is 687 g/mol. The van der Waals surface area contributed by atoms with E-state index in [1.807, 2.05) is 74.5 Å². The Kier molecular flexibility index (Phi) is 9.20. The zero-order chi connectivity index (χ0) is 35.2. The lowest BCUT2D eigenvalue weighted by Crippen LogP contribution is -2.54. The van der Waals surface area contributed by atoms with Gasteiger partial charge in [0, 0.05) is 16.0 Å². The van der Waals surface area contributed by atoms with Gasteiger partial charge in [0.05, 0.1) is 51.7 Å². The number of nitrogens with zero attached hydrogens (tertiary/aromatic N) is 1. The van der Waals surface area contributed by atoms with Gasteiger partial charge in [-0.25, -0.2) is 19.2 Å². The van der Waals surface area contributed by atoms with Crippen LogP contribution in [0.3, 0.4) is 0 Å². The number of hydrogen-bond donors (Lipinski definition) is 0. The fourth-order valence-corrected chi connectivity index (χ4v) is 11.5. The molecule has 0 aliphatic carbocycles. The Morgan fingerprint density at radius 2 is 1.22 bits per heavy atom. The number of methoxy groups -OCH3 is 4. The second-order valence-electron chi connectivity index (χ2n) is 11.6. The van der Waals surface area contributed by atoms with Gasteiger partial charge in [-0.05, 0) is 36.2 Å². The smallest absolute Gasteiger partial charge is 0.345 e. The van der Waals surface area contributed by atoms with Gasteiger partial charge in [-0.3, -0.25) is 4.79 Å². The number of ether oxygens (including phenoxy) is 4. The maximum absolute atomic E-state index is 14.6. The van der Waals surface area contributed by atoms with Gasteiger partial charge >= 0.3 is 23.9 Å². The molecule has 3 heterocycles. The molecule has 0 aromatic heterocycles. The molecule has 0 bridgehead atoms. The van der Waals surface area contributed by atoms with Gasteiger partial charge < -0.3 is 23.8 Å². The van der Waals surface area contributed by atoms with Crippen molar-refractivity contribution in [2.24, 2.45) is 0 Å². The third-order valence-electron chi connectivity index (χ3n) is 8.52. The van der Waals surface area contributed by atoms with Crippen molar-refractivity contribution in [2.45, 2.75) is 29.9 Å². The van der Waals surface area contributed by atoms with Crippen molar-refractivity contribution in [3.63, 3.8) is 0 Å². The van der Waals surface area contributed by atoms with Gasteiger partial charge in [0.1, 0.15) is 18.8 Å². The number of benzene rings is 3. The van der Waals surface area contributed by atoms with E-state index in [1.54, 1.807) is 11.0 Å². The van der Waals surface area contributed by atoms with Crippen LogP contribution in [-0.4, -0.2) is 67.8 Å². The number of anilines is 1. The molecule has 49 heavy (non-hydrogen) atoms. The van der Waals surface area contributed by atoms with E-state index >= 15 is 0 Å². The Morgan fingerprint density at radius 1 is 0.673 bits per heavy atom. The van der Waals surface area contributed by atoms with E-state index in [0.29, 0.717) is 21.7 Å². The van der Waals surface area contributed by atoms with Crippen LogP contribution in [0.15, 0.2) is 91.9 Å². The molecule has 13 heteroatoms. The molecule has 10 nitrogen and oxygen atoms in total. The Morgan fingerprint density at radius 3 is 1.86 bits per heavy atom. The van der Waals surface area contributed by atoms with Crippen LogP contribution in [0.2, 0.25) is 0 Å². The highest BCUT2D eigenvalue weighted by Gasteiger charge is 2.61. The molecule has 0 radical (unpaired) electrons. The fraction of sp³-hybridized carbons (Fsp3) is 0.250. The predicted molar refractivity (Wildman–Crippen MR) is 190 cm³/mol. The highest BCUT2D eigenvalue weighted by molar-refractivity contribution is 8.26. The lowest BCUT2D eigenvalue weighted by atomic mass is 9.83. The van der Waals surface area contributed by atoms with Gasteiger partial charge in [-0.1, -0.05) is 95.9 Å². The number of amides is 1. The standard InChI is InChI=1S/C36H31NO9S3/c1-35(2)30-25(22-16-9-10-17-23(22)37(35)24(38)18-20-14-11-13-19-12-7-8-15-21(19)20)36(26(31(39)43-3)27(47-30)32(40)44-4)48-28(33(41)45-5)29(49-36)34(42)46-6/h7-17H,18H2,1-6H3. The summed E-state index contributed by atoms with van der Waals surface area (Å²) >= 11 is 2.79. The van der Waals surface area contributed by atoms with E-state index in [0.717, 1.165) is 51.6 Å². The van der Waals surface area contributed by atoms with Crippen molar-refractivity contribution >= 4 is 87.1 Å². The van der Waals surface area contributed by atoms with E-state index in [4.69, 9.17) is 18.9 Å². The zero-order valence-corrected chi connectivity index (χ0v) is 29.9. The van der Waals surface area contributed by atoms with Crippen LogP contribution in [0.1, 0.15) is 25.0 Å². The largest absolute Gasteiger partial charge is 0.466 e. The van der Waals surface area contributed by atoms with Crippen molar-refractivity contribution in [2.75, 3.05) is 33.3 Å². The lowest BCUT2D eigenvalue weighted by molar-refractivity contribution is -0.138. The number of esters is 4. The number of fused-ring (bicyclic) bond motifs is 4. The molecule has 252 valence electrons. The monoisotopic (exact) mass is 717 g/mol. The van der Waals surface area contributed by atoms with Gasteiger partial charge in [0.2, 0.25) is 5.91 Å². The van der Waals surface area contributed by atoms with Crippen LogP contribution in [0, 0.1) is 0 Å². The van der Waals surface area contributed by atoms with Crippen LogP contribution in [0.5, 0.6) is 0 Å². The number of rotatable bonds is 6. The van der Waals surface area contributed by atoms with Crippen molar-refractivity contribution < 1.29 is 42.9 Å². The highest BCUT2D eigenvalue weighted by Crippen LogP contribution is 2.71. The summed E-state index contributed by atoms with van der Waals surface area (Å²) < 4.78 is 18.9. The molecule has 0 atom stereocenters. The lowest BCUT2D eigenvalue weighted by Gasteiger charge is -2.50. The van der Waals surface area contributed by atoms with Gasteiger partial charge in [-0.2, -0.15) is 0 Å². The molecule has 6 rings (SSSR count). The Bertz CT molecular complexity index is 2030. The minimum atomic E-state index is -1.64. The maximum atomic E-state index is 14.6. The molecule has 3 aromatic carbocycles. The third kappa shape index (κ3) is 5.44. The first-order valence-electron chi connectivity index (χ1n) is 15.0. The Hall–Kier alpha value is -4.46. The number of carbonyl (C=O) groups excluding carboxylic acids is 5. The molecule has 3 aromatic rings. The van der Waals surface area contributed by atoms with Crippen molar-refractivity contribution in [1.29, 1.82) is 0 Å². The fourth-order valence-electron chi connectivity index (χ4n) is 6.40. The zero-order valence-electron chi connectivity index (χ0n) is 27.4. The summed E-state index contributed by atoms with van der Waals surface area (Å²) in [6.45, 7) is 3.72. The van der Waals surface area contributed by atoms with Crippen LogP contribution < -0.4 is 4.90 Å². The summed E-state index contributed by atoms with van der Waals surface area (Å²) in [4.78, 5) is 70.4. The summed E-state index contributed by atoms with van der Waals surface area (Å²) in [6, 6.07) is 20.9. The van der Waals surface area contributed by atoms with Gasteiger partial charge in [-0.15, -0.1) is 0 Å². The molecule has 1 spiro atoms. The first-order valence-corrected chi connectivity index (χ1v) is 17.4. The molecule has 0 saturated carbocycles. The van der Waals surface area contributed by atoms with E-state index in [1.165, 1.54) is 28.4 Å². The molecule has 3 aliphatic heterocycles. The van der Waals surface area contributed by atoms with Crippen LogP contribution in [0.25, 0.3) is 16.3 Å². The Labute approximate surface area is 295 Å². The topological polar surface area (TPSA) is 126 Å². The number of hydrogen-bond acceptors (Lipinski definition) is 12. The van der Waals surface area contributed by atoms with E-state index in [9.17, 15) is 24.0 Å². The van der Waals surface area contributed by atoms with E-state index in [2.05, 4.69) is 0 Å². The van der Waals surface area contributed by atoms with Crippen LogP contribution in [-0.2, 0) is 49.3 Å². The molecule has 0 fully saturated rings. The number of carbonyl (C=O) groups is 5. The minimum absolute atomic E-state index is 0.0781. The Balaban J connectivity index is 1.61. The van der Waals surface area contributed by atoms with Gasteiger partial charge in [0.25, 0.3) is 0 Å². The third-order valence-corrected chi connectivity index (χ3v) is 13.2. The summed E-state index contributed by atoms with van der Waals surface area (Å²) in [5.41, 5.74) is 1.25. The molecule has 0 unspecified atom stereocenters. The summed E-state index contributed by atoms with van der Waals surface area (Å²) in [6.07, 6.45) is 0.0781. The van der Waals surface area contributed by atoms with E-state index in [-0.39, 0.29) is 32.6 Å². The normalized spacial score (nSPS) is 17.5. The summed E-state index contributed by atoms with van der Waals surface area (Å²) in [5.74, 6) is -3.54. The SMILES string of the molecule is COC(=O)C1=C(C(=O)OC)SC2(S1)C(C(=O)OC)=C(C(=O)OC)SC1=C2c2ccccc2N(C(=O)Cc2cccc3ccccc23)C1(C)C. The van der Waals surface area contributed by atoms with E-state index < -0.39 is 33.5 Å². The first kappa shape index (κ1) is 34.4. The average molecular weight is 718 g/mol. The second kappa shape index (κ2) is 13.1. The maximum Gasteiger partial charge on any atom is 0.345 e. The molecule has 0 saturated heterocycles. The molecule has 0 N–H and O–H groups in total. The first-order chi connectivity index (χ1) is 23.4. The molecule has 3 aliphatic rings. The average Bonchev–Trinajstić information content (AvgIpc) is 3.50. The molecule has 1 amide bonds. The van der Waals surface area contributed by atoms with Crippen LogP contribution >= 0.6 is 35.3 Å². The summed E-state index contributed by atoms with van der Waals surface area (Å²) in [7, 11) is 4.73. The number of para-hydroxylation sites is 1. The van der Waals surface area contributed by atoms with Crippen molar-refractivity contribution in [3.8, 4) is 0 Å². The minimum Gasteiger partial charge on any atom is -0.466 e. The van der Waals surface area contributed by atoms with Crippen LogP contribution in [0.4, 0.5) is 5.69 Å². The van der Waals surface area contributed by atoms with Gasteiger partial charge in [0.15, 0.2) is 0 Å². The number of thioether (sulfide) groups is 3. The van der Waals surface area contributed by atoms with Crippen molar-refractivity contribution in [3.05, 3.63) is 103 Å². The second-order valence-corrected chi connectivity index (χ2v) is 15.3. The molecular formula is C36H31NO9S3. The highest BCUT2D eigenvalue weighted by atomic mass is 32.2. The predicted octanol–water partition coefficient (Wildman–Crippen LogP) is 6.00.